The van der Waals surface area contributed by atoms with Crippen molar-refractivity contribution in [3.05, 3.63) is 65.1 Å². The molecule has 0 spiro atoms. The first kappa shape index (κ1) is 30.1. The Balaban J connectivity index is 1.41. The maximum Gasteiger partial charge on any atom is 0.303 e. The van der Waals surface area contributed by atoms with Crippen LogP contribution in [0.1, 0.15) is 49.3 Å². The van der Waals surface area contributed by atoms with E-state index in [-0.39, 0.29) is 23.3 Å². The van der Waals surface area contributed by atoms with Gasteiger partial charge in [0.1, 0.15) is 29.9 Å². The topological polar surface area (TPSA) is 82.9 Å². The molecule has 1 saturated heterocycles. The number of benzene rings is 2. The average Bonchev–Trinajstić information content (AvgIpc) is 2.92. The quantitative estimate of drug-likeness (QED) is 0.192. The second-order valence-corrected chi connectivity index (χ2v) is 11.3. The minimum atomic E-state index is -1.02. The van der Waals surface area contributed by atoms with Crippen LogP contribution in [0.2, 0.25) is 0 Å². The number of fused-ring (bicyclic) bond motifs is 1. The van der Waals surface area contributed by atoms with E-state index >= 15 is 0 Å². The Kier molecular flexibility index (Phi) is 9.91. The fourth-order valence-electron chi connectivity index (χ4n) is 5.48. The molecule has 1 fully saturated rings. The summed E-state index contributed by atoms with van der Waals surface area (Å²) in [5.41, 5.74) is 0.759. The van der Waals surface area contributed by atoms with E-state index in [1.54, 1.807) is 18.2 Å². The Morgan fingerprint density at radius 1 is 1.18 bits per heavy atom. The van der Waals surface area contributed by atoms with Crippen molar-refractivity contribution in [1.82, 2.24) is 9.88 Å². The number of likely N-dealkylation sites (tertiary alicyclic amines) is 1. The van der Waals surface area contributed by atoms with Gasteiger partial charge in [0.2, 0.25) is 0 Å². The number of carbonyl (C=O) groups is 1. The summed E-state index contributed by atoms with van der Waals surface area (Å²) in [6.45, 7) is 0.899. The zero-order chi connectivity index (χ0) is 28.9. The monoisotopic (exact) mass is 580 g/mol. The molecule has 40 heavy (non-hydrogen) atoms. The largest absolute Gasteiger partial charge is 0.497 e. The summed E-state index contributed by atoms with van der Waals surface area (Å²) in [7, 11) is 1.52. The molecule has 2 N–H and O–H groups in total. The molecule has 2 heterocycles. The molecule has 11 heteroatoms. The van der Waals surface area contributed by atoms with E-state index in [1.807, 2.05) is 0 Å². The first-order valence-corrected chi connectivity index (χ1v) is 14.0. The molecule has 2 aromatic carbocycles. The fourth-order valence-corrected chi connectivity index (χ4v) is 6.43. The number of alkyl halides is 1. The van der Waals surface area contributed by atoms with Gasteiger partial charge in [-0.2, -0.15) is 0 Å². The number of hydrogen-bond donors (Lipinski definition) is 2. The standard InChI is InChI=1S/C29H32F4N2O4S/c1-39-20-2-3-24-21(14-20)27(18(16-30)17-34-24)25(36)4-5-29(15-26(37)38)6-8-35(9-7-29)10-11-40-28-22(32)12-19(31)13-23(28)33/h2-3,12-14,17,25,36H,4-11,15-16H2,1H3,(H,37,38). The zero-order valence-corrected chi connectivity index (χ0v) is 23.0. The van der Waals surface area contributed by atoms with Gasteiger partial charge in [-0.15, -0.1) is 11.8 Å². The lowest BCUT2D eigenvalue weighted by Gasteiger charge is -2.41. The molecule has 4 rings (SSSR count). The minimum Gasteiger partial charge on any atom is -0.497 e. The highest BCUT2D eigenvalue weighted by atomic mass is 32.2. The van der Waals surface area contributed by atoms with E-state index in [2.05, 4.69) is 9.88 Å². The van der Waals surface area contributed by atoms with Crippen molar-refractivity contribution in [2.45, 2.75) is 49.8 Å². The van der Waals surface area contributed by atoms with Gasteiger partial charge in [-0.1, -0.05) is 0 Å². The number of methoxy groups -OCH3 is 1. The maximum atomic E-state index is 13.9. The minimum absolute atomic E-state index is 0.0603. The molecule has 6 nitrogen and oxygen atoms in total. The van der Waals surface area contributed by atoms with Crippen LogP contribution in [0, 0.1) is 22.9 Å². The summed E-state index contributed by atoms with van der Waals surface area (Å²) in [5, 5.41) is 21.5. The Hall–Kier alpha value is -2.89. The Labute approximate surface area is 234 Å². The first-order chi connectivity index (χ1) is 19.1. The highest BCUT2D eigenvalue weighted by Crippen LogP contribution is 2.42. The fraction of sp³-hybridized carbons (Fsp3) is 0.448. The number of aliphatic hydroxyl groups excluding tert-OH is 1. The van der Waals surface area contributed by atoms with Crippen LogP contribution >= 0.6 is 11.8 Å². The SMILES string of the molecule is COc1ccc2ncc(CF)c(C(O)CCC3(CC(=O)O)CCN(CCSc4c(F)cc(F)cc4F)CC3)c2c1. The van der Waals surface area contributed by atoms with Gasteiger partial charge in [0, 0.05) is 41.6 Å². The summed E-state index contributed by atoms with van der Waals surface area (Å²) < 4.78 is 60.2. The predicted octanol–water partition coefficient (Wildman–Crippen LogP) is 6.29. The number of pyridine rings is 1. The molecule has 0 amide bonds. The molecule has 1 unspecified atom stereocenters. The Bertz CT molecular complexity index is 1320. The summed E-state index contributed by atoms with van der Waals surface area (Å²) >= 11 is 0.975. The van der Waals surface area contributed by atoms with E-state index in [4.69, 9.17) is 4.74 Å². The van der Waals surface area contributed by atoms with Crippen LogP contribution in [0.25, 0.3) is 10.9 Å². The van der Waals surface area contributed by atoms with Crippen molar-refractivity contribution in [3.63, 3.8) is 0 Å². The average molecular weight is 581 g/mol. The summed E-state index contributed by atoms with van der Waals surface area (Å²) in [4.78, 5) is 18.0. The number of nitrogens with zero attached hydrogens (tertiary/aromatic N) is 2. The van der Waals surface area contributed by atoms with Crippen LogP contribution in [0.3, 0.4) is 0 Å². The van der Waals surface area contributed by atoms with Gasteiger partial charge in [0.15, 0.2) is 0 Å². The van der Waals surface area contributed by atoms with Gasteiger partial charge in [-0.25, -0.2) is 17.6 Å². The lowest BCUT2D eigenvalue weighted by molar-refractivity contribution is -0.141. The maximum absolute atomic E-state index is 13.9. The third kappa shape index (κ3) is 7.05. The highest BCUT2D eigenvalue weighted by Gasteiger charge is 2.37. The number of hydrogen-bond acceptors (Lipinski definition) is 6. The number of aliphatic carboxylic acids is 1. The number of aromatic nitrogens is 1. The highest BCUT2D eigenvalue weighted by molar-refractivity contribution is 7.99. The van der Waals surface area contributed by atoms with Gasteiger partial charge < -0.3 is 19.8 Å². The number of carboxylic acid groups (broad SMARTS) is 1. The van der Waals surface area contributed by atoms with Gasteiger partial charge in [-0.3, -0.25) is 9.78 Å². The van der Waals surface area contributed by atoms with Gasteiger partial charge in [0.25, 0.3) is 0 Å². The summed E-state index contributed by atoms with van der Waals surface area (Å²) in [5.74, 6) is -2.82. The summed E-state index contributed by atoms with van der Waals surface area (Å²) in [6, 6.07) is 6.51. The molecule has 216 valence electrons. The predicted molar refractivity (Wildman–Crippen MR) is 145 cm³/mol. The number of halogens is 4. The smallest absolute Gasteiger partial charge is 0.303 e. The van der Waals surface area contributed by atoms with Crippen molar-refractivity contribution in [1.29, 1.82) is 0 Å². The number of thioether (sulfide) groups is 1. The first-order valence-electron chi connectivity index (χ1n) is 13.1. The van der Waals surface area contributed by atoms with E-state index < -0.39 is 41.6 Å². The van der Waals surface area contributed by atoms with Gasteiger partial charge >= 0.3 is 5.97 Å². The molecular weight excluding hydrogens is 548 g/mol. The van der Waals surface area contributed by atoms with Crippen LogP contribution in [-0.2, 0) is 11.5 Å². The van der Waals surface area contributed by atoms with E-state index in [1.165, 1.54) is 13.3 Å². The molecule has 0 bridgehead atoms. The number of aliphatic hydroxyl groups is 1. The van der Waals surface area contributed by atoms with Crippen molar-refractivity contribution in [2.24, 2.45) is 5.41 Å². The lowest BCUT2D eigenvalue weighted by atomic mass is 9.71. The van der Waals surface area contributed by atoms with Crippen LogP contribution < -0.4 is 4.74 Å². The molecule has 1 aliphatic heterocycles. The lowest BCUT2D eigenvalue weighted by Crippen LogP contribution is -2.42. The molecule has 3 aromatic rings. The third-order valence-corrected chi connectivity index (χ3v) is 8.75. The molecule has 0 aliphatic carbocycles. The van der Waals surface area contributed by atoms with Crippen LogP contribution in [0.15, 0.2) is 41.4 Å². The van der Waals surface area contributed by atoms with Gasteiger partial charge in [-0.05, 0) is 68.0 Å². The summed E-state index contributed by atoms with van der Waals surface area (Å²) in [6.07, 6.45) is 2.14. The second kappa shape index (κ2) is 13.2. The molecule has 1 aliphatic rings. The number of carboxylic acids is 1. The van der Waals surface area contributed by atoms with E-state index in [9.17, 15) is 32.6 Å². The van der Waals surface area contributed by atoms with E-state index in [0.29, 0.717) is 79.0 Å². The Morgan fingerprint density at radius 2 is 1.88 bits per heavy atom. The molecule has 0 radical (unpaired) electrons. The van der Waals surface area contributed by atoms with E-state index in [0.717, 1.165) is 11.8 Å². The van der Waals surface area contributed by atoms with Crippen LogP contribution in [0.4, 0.5) is 17.6 Å². The second-order valence-electron chi connectivity index (χ2n) is 10.2. The molecule has 0 saturated carbocycles. The normalized spacial score (nSPS) is 16.2. The number of ether oxygens (including phenoxy) is 1. The van der Waals surface area contributed by atoms with Crippen LogP contribution in [-0.4, -0.2) is 58.6 Å². The van der Waals surface area contributed by atoms with Crippen molar-refractivity contribution in [2.75, 3.05) is 32.5 Å². The Morgan fingerprint density at radius 3 is 2.50 bits per heavy atom. The van der Waals surface area contributed by atoms with Crippen molar-refractivity contribution < 1.29 is 37.3 Å². The van der Waals surface area contributed by atoms with Gasteiger partial charge in [0.05, 0.1) is 30.0 Å². The van der Waals surface area contributed by atoms with Crippen LogP contribution in [0.5, 0.6) is 5.75 Å². The molecule has 1 aromatic heterocycles. The van der Waals surface area contributed by atoms with Crippen molar-refractivity contribution >= 4 is 28.6 Å². The third-order valence-electron chi connectivity index (χ3n) is 7.68. The molecular formula is C29H32F4N2O4S. The zero-order valence-electron chi connectivity index (χ0n) is 22.1. The van der Waals surface area contributed by atoms with Crippen molar-refractivity contribution in [3.8, 4) is 5.75 Å². The number of piperidine rings is 1. The molecule has 1 atom stereocenters. The number of rotatable bonds is 12.